The first kappa shape index (κ1) is 17.2. The smallest absolute Gasteiger partial charge is 0.238 e. The third kappa shape index (κ3) is 5.55. The Morgan fingerprint density at radius 1 is 1.05 bits per heavy atom. The minimum atomic E-state index is -0.0212. The van der Waals surface area contributed by atoms with Crippen LogP contribution in [-0.4, -0.2) is 36.3 Å². The van der Waals surface area contributed by atoms with Gasteiger partial charge in [-0.1, -0.05) is 20.8 Å². The molecule has 0 saturated heterocycles. The molecule has 0 aliphatic rings. The molecule has 21 heavy (non-hydrogen) atoms. The van der Waals surface area contributed by atoms with Gasteiger partial charge in [-0.2, -0.15) is 0 Å². The fourth-order valence-corrected chi connectivity index (χ4v) is 1.97. The zero-order valence-corrected chi connectivity index (χ0v) is 13.3. The number of rotatable bonds is 7. The van der Waals surface area contributed by atoms with Crippen molar-refractivity contribution in [2.24, 2.45) is 0 Å². The van der Waals surface area contributed by atoms with Gasteiger partial charge in [0.25, 0.3) is 0 Å². The molecule has 116 valence electrons. The highest BCUT2D eigenvalue weighted by molar-refractivity contribution is 5.94. The molecule has 0 saturated carbocycles. The van der Waals surface area contributed by atoms with Gasteiger partial charge in [-0.15, -0.1) is 0 Å². The highest BCUT2D eigenvalue weighted by Crippen LogP contribution is 2.19. The Labute approximate surface area is 126 Å². The van der Waals surface area contributed by atoms with Crippen LogP contribution in [0.15, 0.2) is 18.2 Å². The molecule has 0 bridgehead atoms. The van der Waals surface area contributed by atoms with Crippen molar-refractivity contribution in [3.05, 3.63) is 23.8 Å². The number of nitrogens with one attached hydrogen (secondary N) is 2. The van der Waals surface area contributed by atoms with Crippen molar-refractivity contribution in [2.75, 3.05) is 30.3 Å². The Hall–Kier alpha value is -1.88. The zero-order chi connectivity index (χ0) is 15.8. The van der Waals surface area contributed by atoms with Gasteiger partial charge in [0.1, 0.15) is 0 Å². The van der Waals surface area contributed by atoms with Crippen LogP contribution in [0, 0.1) is 6.92 Å². The summed E-state index contributed by atoms with van der Waals surface area (Å²) in [5.74, 6) is -0.0418. The lowest BCUT2D eigenvalue weighted by Gasteiger charge is -2.18. The number of amides is 2. The van der Waals surface area contributed by atoms with Crippen LogP contribution in [0.1, 0.15) is 32.8 Å². The number of carbonyl (C=O) groups is 2. The quantitative estimate of drug-likeness (QED) is 0.812. The Morgan fingerprint density at radius 2 is 1.71 bits per heavy atom. The summed E-state index contributed by atoms with van der Waals surface area (Å²) < 4.78 is 0. The van der Waals surface area contributed by atoms with Crippen LogP contribution in [0.2, 0.25) is 0 Å². The molecule has 0 aromatic heterocycles. The third-order valence-electron chi connectivity index (χ3n) is 3.37. The summed E-state index contributed by atoms with van der Waals surface area (Å²) in [6.45, 7) is 9.88. The number of likely N-dealkylation sites (N-methyl/N-ethyl adjacent to an activating group) is 1. The average Bonchev–Trinajstić information content (AvgIpc) is 2.47. The maximum absolute atomic E-state index is 12.0. The Morgan fingerprint density at radius 3 is 2.24 bits per heavy atom. The molecule has 5 heteroatoms. The van der Waals surface area contributed by atoms with Crippen molar-refractivity contribution in [1.82, 2.24) is 4.90 Å². The van der Waals surface area contributed by atoms with Crippen molar-refractivity contribution in [3.63, 3.8) is 0 Å². The highest BCUT2D eigenvalue weighted by Gasteiger charge is 2.09. The predicted octanol–water partition coefficient (Wildman–Crippen LogP) is 2.62. The first-order valence-corrected chi connectivity index (χ1v) is 7.42. The second kappa shape index (κ2) is 8.42. The topological polar surface area (TPSA) is 61.4 Å². The van der Waals surface area contributed by atoms with Gasteiger partial charge < -0.3 is 10.6 Å². The third-order valence-corrected chi connectivity index (χ3v) is 3.37. The Bertz CT molecular complexity index is 496. The molecular formula is C16H25N3O2. The van der Waals surface area contributed by atoms with E-state index in [-0.39, 0.29) is 11.8 Å². The Kier molecular flexibility index (Phi) is 6.88. The molecule has 0 unspecified atom stereocenters. The maximum Gasteiger partial charge on any atom is 0.238 e. The first-order valence-electron chi connectivity index (χ1n) is 7.42. The maximum atomic E-state index is 12.0. The van der Waals surface area contributed by atoms with E-state index < -0.39 is 0 Å². The number of carbonyl (C=O) groups excluding carboxylic acids is 2. The summed E-state index contributed by atoms with van der Waals surface area (Å²) in [6, 6.07) is 5.48. The molecule has 2 N–H and O–H groups in total. The largest absolute Gasteiger partial charge is 0.326 e. The van der Waals surface area contributed by atoms with Crippen molar-refractivity contribution in [3.8, 4) is 0 Å². The van der Waals surface area contributed by atoms with Crippen LogP contribution in [0.25, 0.3) is 0 Å². The number of anilines is 2. The lowest BCUT2D eigenvalue weighted by Crippen LogP contribution is -2.33. The molecule has 1 aromatic rings. The SMILES string of the molecule is CCC(=O)Nc1ccc(NC(=O)CN(CC)CC)c(C)c1. The molecule has 0 radical (unpaired) electrons. The van der Waals surface area contributed by atoms with Crippen LogP contribution in [0.4, 0.5) is 11.4 Å². The first-order chi connectivity index (χ1) is 9.99. The lowest BCUT2D eigenvalue weighted by atomic mass is 10.1. The van der Waals surface area contributed by atoms with Gasteiger partial charge in [-0.05, 0) is 43.8 Å². The van der Waals surface area contributed by atoms with Gasteiger partial charge in [-0.3, -0.25) is 14.5 Å². The van der Waals surface area contributed by atoms with Crippen molar-refractivity contribution < 1.29 is 9.59 Å². The van der Waals surface area contributed by atoms with Gasteiger partial charge in [-0.25, -0.2) is 0 Å². The van der Waals surface area contributed by atoms with E-state index in [4.69, 9.17) is 0 Å². The summed E-state index contributed by atoms with van der Waals surface area (Å²) in [6.07, 6.45) is 0.446. The minimum absolute atomic E-state index is 0.0206. The Balaban J connectivity index is 2.68. The van der Waals surface area contributed by atoms with Gasteiger partial charge in [0.15, 0.2) is 0 Å². The van der Waals surface area contributed by atoms with Crippen LogP contribution in [0.3, 0.4) is 0 Å². The van der Waals surface area contributed by atoms with Gasteiger partial charge in [0, 0.05) is 17.8 Å². The average molecular weight is 291 g/mol. The molecule has 1 aromatic carbocycles. The number of hydrogen-bond donors (Lipinski definition) is 2. The summed E-state index contributed by atoms with van der Waals surface area (Å²) in [4.78, 5) is 25.4. The van der Waals surface area contributed by atoms with E-state index >= 15 is 0 Å². The molecular weight excluding hydrogens is 266 g/mol. The van der Waals surface area contributed by atoms with E-state index in [2.05, 4.69) is 15.5 Å². The molecule has 0 heterocycles. The standard InChI is InChI=1S/C16H25N3O2/c1-5-15(20)17-13-8-9-14(12(4)10-13)18-16(21)11-19(6-2)7-3/h8-10H,5-7,11H2,1-4H3,(H,17,20)(H,18,21). The number of aryl methyl sites for hydroxylation is 1. The van der Waals surface area contributed by atoms with Crippen molar-refractivity contribution >= 4 is 23.2 Å². The monoisotopic (exact) mass is 291 g/mol. The molecule has 0 spiro atoms. The van der Waals surface area contributed by atoms with E-state index in [0.29, 0.717) is 13.0 Å². The molecule has 2 amide bonds. The summed E-state index contributed by atoms with van der Waals surface area (Å²) in [5.41, 5.74) is 2.46. The normalized spacial score (nSPS) is 10.5. The molecule has 0 atom stereocenters. The van der Waals surface area contributed by atoms with E-state index in [1.165, 1.54) is 0 Å². The second-order valence-corrected chi connectivity index (χ2v) is 4.94. The van der Waals surface area contributed by atoms with Gasteiger partial charge >= 0.3 is 0 Å². The van der Waals surface area contributed by atoms with Crippen molar-refractivity contribution in [1.29, 1.82) is 0 Å². The van der Waals surface area contributed by atoms with Crippen LogP contribution in [-0.2, 0) is 9.59 Å². The van der Waals surface area contributed by atoms with E-state index in [9.17, 15) is 9.59 Å². The number of hydrogen-bond acceptors (Lipinski definition) is 3. The zero-order valence-electron chi connectivity index (χ0n) is 13.3. The summed E-state index contributed by atoms with van der Waals surface area (Å²) in [7, 11) is 0. The minimum Gasteiger partial charge on any atom is -0.326 e. The van der Waals surface area contributed by atoms with E-state index in [1.54, 1.807) is 6.07 Å². The predicted molar refractivity (Wildman–Crippen MR) is 86.5 cm³/mol. The van der Waals surface area contributed by atoms with Crippen LogP contribution in [0.5, 0.6) is 0 Å². The molecule has 0 aliphatic heterocycles. The summed E-state index contributed by atoms with van der Waals surface area (Å²) in [5, 5.41) is 5.71. The van der Waals surface area contributed by atoms with Gasteiger partial charge in [0.2, 0.25) is 11.8 Å². The summed E-state index contributed by atoms with van der Waals surface area (Å²) >= 11 is 0. The van der Waals surface area contributed by atoms with Gasteiger partial charge in [0.05, 0.1) is 6.54 Å². The second-order valence-electron chi connectivity index (χ2n) is 4.94. The molecule has 0 aliphatic carbocycles. The molecule has 0 fully saturated rings. The number of benzene rings is 1. The fourth-order valence-electron chi connectivity index (χ4n) is 1.97. The fraction of sp³-hybridized carbons (Fsp3) is 0.500. The lowest BCUT2D eigenvalue weighted by molar-refractivity contribution is -0.117. The number of nitrogens with zero attached hydrogens (tertiary/aromatic N) is 1. The van der Waals surface area contributed by atoms with Crippen LogP contribution < -0.4 is 10.6 Å². The van der Waals surface area contributed by atoms with Crippen molar-refractivity contribution in [2.45, 2.75) is 34.1 Å². The van der Waals surface area contributed by atoms with E-state index in [0.717, 1.165) is 30.0 Å². The molecule has 5 nitrogen and oxygen atoms in total. The van der Waals surface area contributed by atoms with E-state index in [1.807, 2.05) is 39.8 Å². The highest BCUT2D eigenvalue weighted by atomic mass is 16.2. The van der Waals surface area contributed by atoms with Crippen LogP contribution >= 0.6 is 0 Å². The molecule has 1 rings (SSSR count).